The second-order valence-electron chi connectivity index (χ2n) is 5.18. The lowest BCUT2D eigenvalue weighted by molar-refractivity contribution is 0.687. The van der Waals surface area contributed by atoms with Crippen molar-refractivity contribution in [3.8, 4) is 0 Å². The van der Waals surface area contributed by atoms with Gasteiger partial charge >= 0.3 is 0 Å². The van der Waals surface area contributed by atoms with Crippen molar-refractivity contribution in [2.75, 3.05) is 5.32 Å². The Balaban J connectivity index is 1.61. The van der Waals surface area contributed by atoms with Crippen LogP contribution in [-0.4, -0.2) is 9.78 Å². The first-order valence-electron chi connectivity index (χ1n) is 7.16. The third-order valence-electron chi connectivity index (χ3n) is 3.60. The van der Waals surface area contributed by atoms with Gasteiger partial charge in [-0.1, -0.05) is 36.4 Å². The van der Waals surface area contributed by atoms with Crippen LogP contribution >= 0.6 is 0 Å². The number of hydrogen-bond acceptors (Lipinski definition) is 2. The SMILES string of the molecule is Cc1ccccc1CNc1ccc(Cn2cccn2)cc1. The van der Waals surface area contributed by atoms with Crippen LogP contribution in [-0.2, 0) is 13.1 Å². The number of nitrogens with one attached hydrogen (secondary N) is 1. The van der Waals surface area contributed by atoms with Gasteiger partial charge in [0.15, 0.2) is 0 Å². The number of benzene rings is 2. The highest BCUT2D eigenvalue weighted by atomic mass is 15.3. The molecule has 0 bridgehead atoms. The Morgan fingerprint density at radius 2 is 1.81 bits per heavy atom. The van der Waals surface area contributed by atoms with Crippen molar-refractivity contribution in [3.05, 3.63) is 83.7 Å². The van der Waals surface area contributed by atoms with Crippen molar-refractivity contribution in [1.82, 2.24) is 9.78 Å². The molecule has 0 aliphatic heterocycles. The highest BCUT2D eigenvalue weighted by molar-refractivity contribution is 5.45. The number of nitrogens with zero attached hydrogens (tertiary/aromatic N) is 2. The Morgan fingerprint density at radius 1 is 1.00 bits per heavy atom. The molecule has 3 heteroatoms. The fourth-order valence-electron chi connectivity index (χ4n) is 2.31. The summed E-state index contributed by atoms with van der Waals surface area (Å²) in [6, 6.07) is 18.9. The van der Waals surface area contributed by atoms with Crippen molar-refractivity contribution in [2.45, 2.75) is 20.0 Å². The van der Waals surface area contributed by atoms with E-state index >= 15 is 0 Å². The molecule has 2 aromatic carbocycles. The van der Waals surface area contributed by atoms with E-state index in [9.17, 15) is 0 Å². The van der Waals surface area contributed by atoms with E-state index in [0.717, 1.165) is 18.8 Å². The first-order valence-corrected chi connectivity index (χ1v) is 7.16. The molecule has 1 heterocycles. The molecule has 0 aliphatic rings. The van der Waals surface area contributed by atoms with Crippen LogP contribution in [0.4, 0.5) is 5.69 Å². The zero-order valence-electron chi connectivity index (χ0n) is 12.2. The summed E-state index contributed by atoms with van der Waals surface area (Å²) in [5.74, 6) is 0. The van der Waals surface area contributed by atoms with E-state index in [0.29, 0.717) is 0 Å². The van der Waals surface area contributed by atoms with Gasteiger partial charge in [-0.2, -0.15) is 5.10 Å². The molecule has 0 spiro atoms. The average molecular weight is 277 g/mol. The molecule has 1 aromatic heterocycles. The molecule has 21 heavy (non-hydrogen) atoms. The van der Waals surface area contributed by atoms with Gasteiger partial charge < -0.3 is 5.32 Å². The maximum atomic E-state index is 4.22. The molecule has 0 radical (unpaired) electrons. The Labute approximate surface area is 125 Å². The molecular weight excluding hydrogens is 258 g/mol. The van der Waals surface area contributed by atoms with Gasteiger partial charge in [0.2, 0.25) is 0 Å². The topological polar surface area (TPSA) is 29.9 Å². The van der Waals surface area contributed by atoms with Crippen LogP contribution in [0.25, 0.3) is 0 Å². The van der Waals surface area contributed by atoms with Crippen molar-refractivity contribution >= 4 is 5.69 Å². The van der Waals surface area contributed by atoms with Crippen molar-refractivity contribution < 1.29 is 0 Å². The summed E-state index contributed by atoms with van der Waals surface area (Å²) >= 11 is 0. The molecule has 0 saturated heterocycles. The zero-order chi connectivity index (χ0) is 14.5. The fraction of sp³-hybridized carbons (Fsp3) is 0.167. The first-order chi connectivity index (χ1) is 10.3. The number of hydrogen-bond donors (Lipinski definition) is 1. The molecule has 0 unspecified atom stereocenters. The van der Waals surface area contributed by atoms with Gasteiger partial charge in [0.1, 0.15) is 0 Å². The van der Waals surface area contributed by atoms with Crippen LogP contribution in [0.2, 0.25) is 0 Å². The summed E-state index contributed by atoms with van der Waals surface area (Å²) < 4.78 is 1.93. The maximum absolute atomic E-state index is 4.22. The third kappa shape index (κ3) is 3.51. The first kappa shape index (κ1) is 13.4. The Kier molecular flexibility index (Phi) is 4.01. The molecule has 1 N–H and O–H groups in total. The van der Waals surface area contributed by atoms with Crippen molar-refractivity contribution in [1.29, 1.82) is 0 Å². The van der Waals surface area contributed by atoms with Gasteiger partial charge in [0.25, 0.3) is 0 Å². The second kappa shape index (κ2) is 6.27. The Bertz CT molecular complexity index is 685. The van der Waals surface area contributed by atoms with Gasteiger partial charge in [-0.15, -0.1) is 0 Å². The normalized spacial score (nSPS) is 10.5. The minimum absolute atomic E-state index is 0.811. The maximum Gasteiger partial charge on any atom is 0.0659 e. The molecule has 3 rings (SSSR count). The van der Waals surface area contributed by atoms with Gasteiger partial charge in [-0.25, -0.2) is 0 Å². The molecule has 3 nitrogen and oxygen atoms in total. The number of aromatic nitrogens is 2. The smallest absolute Gasteiger partial charge is 0.0659 e. The molecule has 106 valence electrons. The molecule has 3 aromatic rings. The largest absolute Gasteiger partial charge is 0.381 e. The molecule has 0 amide bonds. The van der Waals surface area contributed by atoms with E-state index in [-0.39, 0.29) is 0 Å². The summed E-state index contributed by atoms with van der Waals surface area (Å²) in [7, 11) is 0. The number of anilines is 1. The van der Waals surface area contributed by atoms with Gasteiger partial charge in [0, 0.05) is 24.6 Å². The van der Waals surface area contributed by atoms with E-state index in [1.807, 2.05) is 16.9 Å². The van der Waals surface area contributed by atoms with E-state index < -0.39 is 0 Å². The summed E-state index contributed by atoms with van der Waals surface area (Å²) in [6.45, 7) is 3.81. The van der Waals surface area contributed by atoms with Crippen LogP contribution in [0.15, 0.2) is 67.0 Å². The van der Waals surface area contributed by atoms with Crippen LogP contribution in [0.5, 0.6) is 0 Å². The lowest BCUT2D eigenvalue weighted by Gasteiger charge is -2.10. The van der Waals surface area contributed by atoms with Crippen LogP contribution in [0.1, 0.15) is 16.7 Å². The molecule has 0 aliphatic carbocycles. The quantitative estimate of drug-likeness (QED) is 0.767. The van der Waals surface area contributed by atoms with E-state index in [1.54, 1.807) is 6.20 Å². The van der Waals surface area contributed by atoms with E-state index in [1.165, 1.54) is 16.7 Å². The predicted octanol–water partition coefficient (Wildman–Crippen LogP) is 3.85. The van der Waals surface area contributed by atoms with Crippen molar-refractivity contribution in [2.24, 2.45) is 0 Å². The number of rotatable bonds is 5. The van der Waals surface area contributed by atoms with E-state index in [4.69, 9.17) is 0 Å². The minimum Gasteiger partial charge on any atom is -0.381 e. The predicted molar refractivity (Wildman–Crippen MR) is 86.3 cm³/mol. The summed E-state index contributed by atoms with van der Waals surface area (Å²) in [5.41, 5.74) is 5.04. The minimum atomic E-state index is 0.811. The summed E-state index contributed by atoms with van der Waals surface area (Å²) in [6.07, 6.45) is 3.78. The zero-order valence-corrected chi connectivity index (χ0v) is 12.2. The third-order valence-corrected chi connectivity index (χ3v) is 3.60. The highest BCUT2D eigenvalue weighted by Crippen LogP contribution is 2.13. The Morgan fingerprint density at radius 3 is 2.52 bits per heavy atom. The second-order valence-corrected chi connectivity index (χ2v) is 5.18. The summed E-state index contributed by atoms with van der Waals surface area (Å²) in [4.78, 5) is 0. The summed E-state index contributed by atoms with van der Waals surface area (Å²) in [5, 5.41) is 7.69. The van der Waals surface area contributed by atoms with Gasteiger partial charge in [-0.3, -0.25) is 4.68 Å². The van der Waals surface area contributed by atoms with E-state index in [2.05, 4.69) is 65.9 Å². The lowest BCUT2D eigenvalue weighted by Crippen LogP contribution is -2.02. The molecule has 0 fully saturated rings. The average Bonchev–Trinajstić information content (AvgIpc) is 3.01. The molecule has 0 saturated carbocycles. The van der Waals surface area contributed by atoms with Gasteiger partial charge in [-0.05, 0) is 41.8 Å². The van der Waals surface area contributed by atoms with Crippen molar-refractivity contribution in [3.63, 3.8) is 0 Å². The standard InChI is InChI=1S/C18H19N3/c1-15-5-2-3-6-17(15)13-19-18-9-7-16(8-10-18)14-21-12-4-11-20-21/h2-12,19H,13-14H2,1H3. The Hall–Kier alpha value is -2.55. The number of aryl methyl sites for hydroxylation is 1. The van der Waals surface area contributed by atoms with Crippen LogP contribution in [0, 0.1) is 6.92 Å². The molecular formula is C18H19N3. The van der Waals surface area contributed by atoms with Gasteiger partial charge in [0.05, 0.1) is 6.54 Å². The molecule has 0 atom stereocenters. The highest BCUT2D eigenvalue weighted by Gasteiger charge is 1.99. The monoisotopic (exact) mass is 277 g/mol. The van der Waals surface area contributed by atoms with Crippen LogP contribution in [0.3, 0.4) is 0 Å². The van der Waals surface area contributed by atoms with Crippen LogP contribution < -0.4 is 5.32 Å². The lowest BCUT2D eigenvalue weighted by atomic mass is 10.1. The fourth-order valence-corrected chi connectivity index (χ4v) is 2.31.